The standard InChI is InChI=1S/C19H28N2O5/c1-18(2,3)25-16(23)15(13-10-8-7-9-11-13)21-14(22)12-20-17(24)26-19(4,5)6/h7-11,15H,12H2,1-6H3,(H,20,24)(H,21,22). The van der Waals surface area contributed by atoms with E-state index in [9.17, 15) is 14.4 Å². The Bertz CT molecular complexity index is 630. The first-order chi connectivity index (χ1) is 11.9. The number of alkyl carbamates (subject to hydrolysis) is 1. The van der Waals surface area contributed by atoms with Gasteiger partial charge in [0.05, 0.1) is 0 Å². The Labute approximate surface area is 154 Å². The normalized spacial score (nSPS) is 12.7. The van der Waals surface area contributed by atoms with Crippen LogP contribution in [0.2, 0.25) is 0 Å². The summed E-state index contributed by atoms with van der Waals surface area (Å²) in [6, 6.07) is 7.80. The SMILES string of the molecule is CC(C)(C)OC(=O)NCC(=O)NC(C(=O)OC(C)(C)C)c1ccccc1. The van der Waals surface area contributed by atoms with Gasteiger partial charge >= 0.3 is 12.1 Å². The van der Waals surface area contributed by atoms with Gasteiger partial charge in [-0.15, -0.1) is 0 Å². The van der Waals surface area contributed by atoms with E-state index < -0.39 is 35.2 Å². The Morgan fingerprint density at radius 1 is 0.923 bits per heavy atom. The van der Waals surface area contributed by atoms with Crippen LogP contribution < -0.4 is 10.6 Å². The summed E-state index contributed by atoms with van der Waals surface area (Å²) in [7, 11) is 0. The predicted molar refractivity (Wildman–Crippen MR) is 97.4 cm³/mol. The van der Waals surface area contributed by atoms with Crippen LogP contribution in [0.5, 0.6) is 0 Å². The average molecular weight is 364 g/mol. The number of carbonyl (C=O) groups excluding carboxylic acids is 3. The third kappa shape index (κ3) is 8.50. The molecule has 0 aromatic heterocycles. The summed E-state index contributed by atoms with van der Waals surface area (Å²) in [6.45, 7) is 10.1. The molecule has 1 aromatic carbocycles. The summed E-state index contributed by atoms with van der Waals surface area (Å²) in [5.74, 6) is -1.11. The second-order valence-corrected chi connectivity index (χ2v) is 7.80. The molecule has 2 N–H and O–H groups in total. The lowest BCUT2D eigenvalue weighted by atomic mass is 10.1. The van der Waals surface area contributed by atoms with Crippen molar-refractivity contribution in [2.24, 2.45) is 0 Å². The number of hydrogen-bond donors (Lipinski definition) is 2. The number of benzene rings is 1. The molecule has 0 bridgehead atoms. The Morgan fingerprint density at radius 2 is 1.46 bits per heavy atom. The number of esters is 1. The molecular weight excluding hydrogens is 336 g/mol. The van der Waals surface area contributed by atoms with Gasteiger partial charge in [0.1, 0.15) is 17.7 Å². The van der Waals surface area contributed by atoms with Gasteiger partial charge in [0.2, 0.25) is 5.91 Å². The summed E-state index contributed by atoms with van der Waals surface area (Å²) < 4.78 is 10.5. The highest BCUT2D eigenvalue weighted by Crippen LogP contribution is 2.18. The van der Waals surface area contributed by atoms with E-state index >= 15 is 0 Å². The lowest BCUT2D eigenvalue weighted by Crippen LogP contribution is -2.43. The van der Waals surface area contributed by atoms with E-state index in [1.807, 2.05) is 6.07 Å². The van der Waals surface area contributed by atoms with Crippen molar-refractivity contribution in [2.75, 3.05) is 6.54 Å². The van der Waals surface area contributed by atoms with E-state index in [2.05, 4.69) is 10.6 Å². The van der Waals surface area contributed by atoms with Crippen molar-refractivity contribution in [3.63, 3.8) is 0 Å². The average Bonchev–Trinajstić information content (AvgIpc) is 2.48. The summed E-state index contributed by atoms with van der Waals surface area (Å²) in [5.41, 5.74) is -0.764. The molecule has 0 radical (unpaired) electrons. The van der Waals surface area contributed by atoms with Crippen molar-refractivity contribution in [3.05, 3.63) is 35.9 Å². The molecule has 1 aromatic rings. The van der Waals surface area contributed by atoms with Crippen LogP contribution in [0.25, 0.3) is 0 Å². The molecule has 7 heteroatoms. The van der Waals surface area contributed by atoms with Crippen LogP contribution in [-0.2, 0) is 19.1 Å². The zero-order valence-electron chi connectivity index (χ0n) is 16.2. The molecule has 0 aliphatic heterocycles. The van der Waals surface area contributed by atoms with Crippen molar-refractivity contribution < 1.29 is 23.9 Å². The predicted octanol–water partition coefficient (Wildman–Crippen LogP) is 2.71. The van der Waals surface area contributed by atoms with Gasteiger partial charge in [0, 0.05) is 0 Å². The number of rotatable bonds is 5. The lowest BCUT2D eigenvalue weighted by molar-refractivity contribution is -0.158. The van der Waals surface area contributed by atoms with Gasteiger partial charge in [-0.25, -0.2) is 9.59 Å². The van der Waals surface area contributed by atoms with Crippen molar-refractivity contribution >= 4 is 18.0 Å². The van der Waals surface area contributed by atoms with Crippen molar-refractivity contribution in [1.29, 1.82) is 0 Å². The molecule has 7 nitrogen and oxygen atoms in total. The molecule has 1 atom stereocenters. The summed E-state index contributed by atoms with van der Waals surface area (Å²) in [4.78, 5) is 36.3. The molecule has 0 aliphatic carbocycles. The van der Waals surface area contributed by atoms with E-state index in [1.54, 1.807) is 65.8 Å². The van der Waals surface area contributed by atoms with E-state index in [-0.39, 0.29) is 6.54 Å². The van der Waals surface area contributed by atoms with Crippen LogP contribution in [0.3, 0.4) is 0 Å². The van der Waals surface area contributed by atoms with E-state index in [0.717, 1.165) is 0 Å². The van der Waals surface area contributed by atoms with Gasteiger partial charge in [-0.1, -0.05) is 30.3 Å². The van der Waals surface area contributed by atoms with Gasteiger partial charge in [-0.2, -0.15) is 0 Å². The second kappa shape index (κ2) is 8.69. The Balaban J connectivity index is 2.75. The fourth-order valence-corrected chi connectivity index (χ4v) is 1.96. The number of ether oxygens (including phenoxy) is 2. The molecule has 144 valence electrons. The molecule has 26 heavy (non-hydrogen) atoms. The minimum absolute atomic E-state index is 0.318. The maximum atomic E-state index is 12.5. The first-order valence-electron chi connectivity index (χ1n) is 8.41. The molecule has 0 aliphatic rings. The minimum atomic E-state index is -0.969. The lowest BCUT2D eigenvalue weighted by Gasteiger charge is -2.25. The summed E-state index contributed by atoms with van der Waals surface area (Å²) >= 11 is 0. The van der Waals surface area contributed by atoms with Crippen LogP contribution in [-0.4, -0.2) is 35.7 Å². The van der Waals surface area contributed by atoms with Crippen LogP contribution in [0.4, 0.5) is 4.79 Å². The third-order valence-electron chi connectivity index (χ3n) is 2.87. The highest BCUT2D eigenvalue weighted by molar-refractivity contribution is 5.88. The van der Waals surface area contributed by atoms with Crippen molar-refractivity contribution in [1.82, 2.24) is 10.6 Å². The first kappa shape index (κ1) is 21.5. The molecule has 1 unspecified atom stereocenters. The molecule has 0 fully saturated rings. The number of amides is 2. The zero-order chi connectivity index (χ0) is 20.0. The molecule has 0 saturated carbocycles. The number of hydrogen-bond acceptors (Lipinski definition) is 5. The van der Waals surface area contributed by atoms with Gasteiger partial charge in [-0.3, -0.25) is 4.79 Å². The van der Waals surface area contributed by atoms with E-state index in [0.29, 0.717) is 5.56 Å². The van der Waals surface area contributed by atoms with Gasteiger partial charge in [-0.05, 0) is 47.1 Å². The number of carbonyl (C=O) groups is 3. The topological polar surface area (TPSA) is 93.7 Å². The van der Waals surface area contributed by atoms with Crippen LogP contribution in [0.1, 0.15) is 53.1 Å². The molecule has 0 spiro atoms. The summed E-state index contributed by atoms with van der Waals surface area (Å²) in [6.07, 6.45) is -0.707. The highest BCUT2D eigenvalue weighted by Gasteiger charge is 2.28. The minimum Gasteiger partial charge on any atom is -0.458 e. The molecule has 0 saturated heterocycles. The highest BCUT2D eigenvalue weighted by atomic mass is 16.6. The van der Waals surface area contributed by atoms with E-state index in [4.69, 9.17) is 9.47 Å². The van der Waals surface area contributed by atoms with Gasteiger partial charge in [0.25, 0.3) is 0 Å². The third-order valence-corrected chi connectivity index (χ3v) is 2.87. The van der Waals surface area contributed by atoms with Gasteiger partial charge < -0.3 is 20.1 Å². The van der Waals surface area contributed by atoms with Crippen molar-refractivity contribution in [3.8, 4) is 0 Å². The fourth-order valence-electron chi connectivity index (χ4n) is 1.96. The molecule has 1 rings (SSSR count). The van der Waals surface area contributed by atoms with Crippen molar-refractivity contribution in [2.45, 2.75) is 58.8 Å². The quantitative estimate of drug-likeness (QED) is 0.784. The fraction of sp³-hybridized carbons (Fsp3) is 0.526. The summed E-state index contributed by atoms with van der Waals surface area (Å²) in [5, 5.41) is 4.95. The van der Waals surface area contributed by atoms with Gasteiger partial charge in [0.15, 0.2) is 6.04 Å². The smallest absolute Gasteiger partial charge is 0.408 e. The first-order valence-corrected chi connectivity index (χ1v) is 8.41. The Kier molecular flexibility index (Phi) is 7.18. The maximum absolute atomic E-state index is 12.5. The number of nitrogens with one attached hydrogen (secondary N) is 2. The largest absolute Gasteiger partial charge is 0.458 e. The molecule has 0 heterocycles. The van der Waals surface area contributed by atoms with Crippen LogP contribution in [0.15, 0.2) is 30.3 Å². The van der Waals surface area contributed by atoms with E-state index in [1.165, 1.54) is 0 Å². The van der Waals surface area contributed by atoms with Crippen LogP contribution >= 0.6 is 0 Å². The molecular formula is C19H28N2O5. The Morgan fingerprint density at radius 3 is 1.96 bits per heavy atom. The Hall–Kier alpha value is -2.57. The zero-order valence-corrected chi connectivity index (χ0v) is 16.2. The van der Waals surface area contributed by atoms with Crippen LogP contribution in [0, 0.1) is 0 Å². The second-order valence-electron chi connectivity index (χ2n) is 7.80. The maximum Gasteiger partial charge on any atom is 0.408 e. The monoisotopic (exact) mass is 364 g/mol. The molecule has 2 amide bonds.